The number of nitrogens with zero attached hydrogens (tertiary/aromatic N) is 3. The van der Waals surface area contributed by atoms with Crippen molar-refractivity contribution in [3.05, 3.63) is 58.4 Å². The fourth-order valence-electron chi connectivity index (χ4n) is 5.81. The molecule has 190 valence electrons. The molecule has 4 heterocycles. The van der Waals surface area contributed by atoms with E-state index in [2.05, 4.69) is 10.3 Å². The second-order valence-electron chi connectivity index (χ2n) is 10.6. The standard InChI is InChI=1S/C27H30F2N4O3/c1-16-6-7-17(30-12-16)14-33-15-19-23(32-33)21-20(11-27(19)8-4-9-27)36-24(22(21)26(2,28)29)25(34)31-13-18-5-3-10-35-18/h6-7,12,15,18H,3-5,8-11,13-14H2,1-2H3,(H,31,34)/t18-/m0/s1. The average Bonchev–Trinajstić information content (AvgIpc) is 3.54. The van der Waals surface area contributed by atoms with Crippen LogP contribution in [-0.2, 0) is 29.0 Å². The highest BCUT2D eigenvalue weighted by Gasteiger charge is 2.50. The van der Waals surface area contributed by atoms with Crippen molar-refractivity contribution in [1.29, 1.82) is 0 Å². The van der Waals surface area contributed by atoms with E-state index in [1.807, 2.05) is 25.3 Å². The molecule has 3 aromatic rings. The van der Waals surface area contributed by atoms with Gasteiger partial charge in [-0.3, -0.25) is 14.5 Å². The third-order valence-corrected chi connectivity index (χ3v) is 7.82. The number of aryl methyl sites for hydroxylation is 1. The minimum absolute atomic E-state index is 0.0972. The molecule has 1 amide bonds. The summed E-state index contributed by atoms with van der Waals surface area (Å²) in [5.41, 5.74) is 3.07. The summed E-state index contributed by atoms with van der Waals surface area (Å²) < 4.78 is 43.5. The van der Waals surface area contributed by atoms with Crippen LogP contribution in [0.4, 0.5) is 8.78 Å². The molecule has 2 fully saturated rings. The molecule has 36 heavy (non-hydrogen) atoms. The van der Waals surface area contributed by atoms with Gasteiger partial charge in [0.05, 0.1) is 29.5 Å². The Morgan fingerprint density at radius 2 is 2.14 bits per heavy atom. The van der Waals surface area contributed by atoms with Crippen LogP contribution in [0.3, 0.4) is 0 Å². The van der Waals surface area contributed by atoms with Gasteiger partial charge in [-0.1, -0.05) is 12.5 Å². The number of hydrogen-bond donors (Lipinski definition) is 1. The fourth-order valence-corrected chi connectivity index (χ4v) is 5.81. The molecule has 0 radical (unpaired) electrons. The zero-order valence-corrected chi connectivity index (χ0v) is 20.6. The van der Waals surface area contributed by atoms with E-state index in [1.165, 1.54) is 0 Å². The first-order chi connectivity index (χ1) is 17.2. The van der Waals surface area contributed by atoms with E-state index in [1.54, 1.807) is 10.9 Å². The summed E-state index contributed by atoms with van der Waals surface area (Å²) >= 11 is 0. The lowest BCUT2D eigenvalue weighted by Gasteiger charge is -2.43. The predicted molar refractivity (Wildman–Crippen MR) is 128 cm³/mol. The quantitative estimate of drug-likeness (QED) is 0.525. The van der Waals surface area contributed by atoms with Gasteiger partial charge in [-0.25, -0.2) is 8.78 Å². The Kier molecular flexibility index (Phi) is 5.51. The second-order valence-corrected chi connectivity index (χ2v) is 10.6. The van der Waals surface area contributed by atoms with Gasteiger partial charge in [0, 0.05) is 49.9 Å². The summed E-state index contributed by atoms with van der Waals surface area (Å²) in [4.78, 5) is 17.6. The zero-order chi connectivity index (χ0) is 25.1. The molecule has 2 aliphatic carbocycles. The molecule has 6 rings (SSSR count). The number of carbonyl (C=O) groups is 1. The van der Waals surface area contributed by atoms with Crippen molar-refractivity contribution in [2.45, 2.75) is 76.4 Å². The molecule has 3 aromatic heterocycles. The first kappa shape index (κ1) is 23.3. The minimum Gasteiger partial charge on any atom is -0.455 e. The fraction of sp³-hybridized carbons (Fsp3) is 0.519. The number of aromatic nitrogens is 3. The molecule has 1 N–H and O–H groups in total. The summed E-state index contributed by atoms with van der Waals surface area (Å²) in [5.74, 6) is -3.80. The number of pyridine rings is 1. The van der Waals surface area contributed by atoms with Crippen molar-refractivity contribution in [2.75, 3.05) is 13.2 Å². The van der Waals surface area contributed by atoms with Crippen LogP contribution in [0.1, 0.15) is 77.7 Å². The van der Waals surface area contributed by atoms with Crippen molar-refractivity contribution in [2.24, 2.45) is 0 Å². The maximum absolute atomic E-state index is 15.1. The number of amides is 1. The Morgan fingerprint density at radius 1 is 1.31 bits per heavy atom. The Balaban J connectivity index is 1.40. The van der Waals surface area contributed by atoms with E-state index < -0.39 is 11.8 Å². The van der Waals surface area contributed by atoms with Crippen molar-refractivity contribution in [1.82, 2.24) is 20.1 Å². The third-order valence-electron chi connectivity index (χ3n) is 7.82. The SMILES string of the molecule is Cc1ccc(Cn2cc3c(n2)-c2c(oc(C(=O)NC[C@@H]4CCCO4)c2C(C)(F)F)CC32CCC2)nc1. The van der Waals surface area contributed by atoms with Crippen molar-refractivity contribution >= 4 is 5.91 Å². The summed E-state index contributed by atoms with van der Waals surface area (Å²) in [6.45, 7) is 4.15. The molecule has 1 saturated heterocycles. The van der Waals surface area contributed by atoms with Gasteiger partial charge in [0.15, 0.2) is 0 Å². The number of rotatable bonds is 6. The highest BCUT2D eigenvalue weighted by molar-refractivity contribution is 5.96. The van der Waals surface area contributed by atoms with Gasteiger partial charge in [0.25, 0.3) is 11.8 Å². The van der Waals surface area contributed by atoms with Crippen LogP contribution in [0.25, 0.3) is 11.3 Å². The Morgan fingerprint density at radius 3 is 2.78 bits per heavy atom. The van der Waals surface area contributed by atoms with Crippen LogP contribution in [0.15, 0.2) is 28.9 Å². The summed E-state index contributed by atoms with van der Waals surface area (Å²) in [7, 11) is 0. The van der Waals surface area contributed by atoms with Crippen molar-refractivity contribution in [3.8, 4) is 11.3 Å². The summed E-state index contributed by atoms with van der Waals surface area (Å²) in [6.07, 6.45) is 8.88. The van der Waals surface area contributed by atoms with Gasteiger partial charge < -0.3 is 14.5 Å². The van der Waals surface area contributed by atoms with E-state index in [9.17, 15) is 4.79 Å². The molecule has 0 unspecified atom stereocenters. The van der Waals surface area contributed by atoms with E-state index in [0.29, 0.717) is 31.0 Å². The minimum atomic E-state index is -3.28. The molecule has 0 aromatic carbocycles. The topological polar surface area (TPSA) is 82.2 Å². The number of hydrogen-bond acceptors (Lipinski definition) is 5. The number of halogens is 2. The zero-order valence-electron chi connectivity index (χ0n) is 20.6. The number of ether oxygens (including phenoxy) is 1. The van der Waals surface area contributed by atoms with Gasteiger partial charge in [0.2, 0.25) is 5.76 Å². The van der Waals surface area contributed by atoms with E-state index in [4.69, 9.17) is 14.3 Å². The molecule has 9 heteroatoms. The summed E-state index contributed by atoms with van der Waals surface area (Å²) in [5, 5.41) is 7.53. The van der Waals surface area contributed by atoms with Gasteiger partial charge in [-0.15, -0.1) is 0 Å². The molecule has 1 saturated carbocycles. The summed E-state index contributed by atoms with van der Waals surface area (Å²) in [6, 6.07) is 3.94. The normalized spacial score (nSPS) is 20.2. The molecule has 0 bridgehead atoms. The monoisotopic (exact) mass is 496 g/mol. The van der Waals surface area contributed by atoms with Crippen LogP contribution in [-0.4, -0.2) is 39.9 Å². The lowest BCUT2D eigenvalue weighted by Crippen LogP contribution is -2.38. The smallest absolute Gasteiger partial charge is 0.287 e. The highest BCUT2D eigenvalue weighted by atomic mass is 19.3. The van der Waals surface area contributed by atoms with E-state index >= 15 is 8.78 Å². The van der Waals surface area contributed by atoms with Gasteiger partial charge in [-0.05, 0) is 44.2 Å². The van der Waals surface area contributed by atoms with E-state index in [-0.39, 0.29) is 35.0 Å². The highest BCUT2D eigenvalue weighted by Crippen LogP contribution is 2.56. The second kappa shape index (κ2) is 8.50. The number of alkyl halides is 2. The first-order valence-electron chi connectivity index (χ1n) is 12.7. The predicted octanol–water partition coefficient (Wildman–Crippen LogP) is 4.89. The van der Waals surface area contributed by atoms with Gasteiger partial charge >= 0.3 is 0 Å². The van der Waals surface area contributed by atoms with Crippen molar-refractivity contribution in [3.63, 3.8) is 0 Å². The first-order valence-corrected chi connectivity index (χ1v) is 12.7. The van der Waals surface area contributed by atoms with Crippen LogP contribution < -0.4 is 5.32 Å². The van der Waals surface area contributed by atoms with E-state index in [0.717, 1.165) is 55.8 Å². The van der Waals surface area contributed by atoms with Crippen LogP contribution in [0.2, 0.25) is 0 Å². The Labute approximate surface area is 208 Å². The Bertz CT molecular complexity index is 1300. The number of fused-ring (bicyclic) bond motifs is 4. The molecule has 1 spiro atoms. The number of nitrogens with one attached hydrogen (secondary N) is 1. The largest absolute Gasteiger partial charge is 0.455 e. The van der Waals surface area contributed by atoms with Crippen LogP contribution in [0, 0.1) is 6.92 Å². The average molecular weight is 497 g/mol. The molecule has 7 nitrogen and oxygen atoms in total. The van der Waals surface area contributed by atoms with Crippen LogP contribution in [0.5, 0.6) is 0 Å². The molecular weight excluding hydrogens is 466 g/mol. The molecule has 3 aliphatic rings. The van der Waals surface area contributed by atoms with Gasteiger partial charge in [-0.2, -0.15) is 5.10 Å². The van der Waals surface area contributed by atoms with Crippen molar-refractivity contribution < 1.29 is 22.7 Å². The third kappa shape index (κ3) is 3.93. The maximum Gasteiger partial charge on any atom is 0.287 e. The lowest BCUT2D eigenvalue weighted by molar-refractivity contribution is 0.0158. The Hall–Kier alpha value is -3.07. The number of carbonyl (C=O) groups excluding carboxylic acids is 1. The maximum atomic E-state index is 15.1. The lowest BCUT2D eigenvalue weighted by atomic mass is 9.59. The molecule has 1 aliphatic heterocycles. The number of furan rings is 1. The van der Waals surface area contributed by atoms with Crippen LogP contribution >= 0.6 is 0 Å². The van der Waals surface area contributed by atoms with Gasteiger partial charge in [0.1, 0.15) is 11.5 Å². The molecule has 1 atom stereocenters. The molecular formula is C27H30F2N4O3.